The van der Waals surface area contributed by atoms with E-state index >= 15 is 0 Å². The van der Waals surface area contributed by atoms with Crippen LogP contribution in [0.5, 0.6) is 0 Å². The van der Waals surface area contributed by atoms with Crippen LogP contribution in [-0.2, 0) is 4.79 Å². The first kappa shape index (κ1) is 14.9. The second kappa shape index (κ2) is 5.88. The number of hydrogen-bond donors (Lipinski definition) is 3. The van der Waals surface area contributed by atoms with Gasteiger partial charge in [-0.05, 0) is 31.2 Å². The van der Waals surface area contributed by atoms with Crippen molar-refractivity contribution in [2.24, 2.45) is 0 Å². The number of benzene rings is 1. The van der Waals surface area contributed by atoms with Gasteiger partial charge in [-0.2, -0.15) is 0 Å². The van der Waals surface area contributed by atoms with Crippen LogP contribution in [0.25, 0.3) is 10.9 Å². The van der Waals surface area contributed by atoms with E-state index in [1.807, 2.05) is 6.07 Å². The van der Waals surface area contributed by atoms with Crippen molar-refractivity contribution in [1.29, 1.82) is 0 Å². The molecule has 6 nitrogen and oxygen atoms in total. The molecule has 6 heteroatoms. The van der Waals surface area contributed by atoms with Crippen LogP contribution < -0.4 is 5.32 Å². The van der Waals surface area contributed by atoms with Crippen LogP contribution in [0.3, 0.4) is 0 Å². The van der Waals surface area contributed by atoms with Crippen molar-refractivity contribution in [2.75, 3.05) is 6.54 Å². The standard InChI is InChI=1S/C15H16N2O4/c1-15(21,8-13(18)19)9-17-14(20)11-4-5-12-10(7-11)3-2-6-16-12/h2-7,21H,8-9H2,1H3,(H,17,20)(H,18,19). The number of carboxylic acids is 1. The Labute approximate surface area is 121 Å². The van der Waals surface area contributed by atoms with E-state index in [4.69, 9.17) is 5.11 Å². The minimum Gasteiger partial charge on any atom is -0.481 e. The summed E-state index contributed by atoms with van der Waals surface area (Å²) in [6.07, 6.45) is 1.24. The van der Waals surface area contributed by atoms with Gasteiger partial charge in [-0.25, -0.2) is 0 Å². The van der Waals surface area contributed by atoms with Gasteiger partial charge in [0.2, 0.25) is 0 Å². The molecule has 1 atom stereocenters. The summed E-state index contributed by atoms with van der Waals surface area (Å²) in [6.45, 7) is 1.23. The van der Waals surface area contributed by atoms with Crippen molar-refractivity contribution in [1.82, 2.24) is 10.3 Å². The Morgan fingerprint density at radius 1 is 1.33 bits per heavy atom. The molecule has 3 N–H and O–H groups in total. The van der Waals surface area contributed by atoms with E-state index in [-0.39, 0.29) is 12.5 Å². The van der Waals surface area contributed by atoms with Crippen molar-refractivity contribution in [3.05, 3.63) is 42.1 Å². The second-order valence-corrected chi connectivity index (χ2v) is 5.16. The summed E-state index contributed by atoms with van der Waals surface area (Å²) < 4.78 is 0. The monoisotopic (exact) mass is 288 g/mol. The van der Waals surface area contributed by atoms with Gasteiger partial charge in [0.05, 0.1) is 17.5 Å². The van der Waals surface area contributed by atoms with E-state index in [9.17, 15) is 14.7 Å². The Morgan fingerprint density at radius 3 is 2.81 bits per heavy atom. The van der Waals surface area contributed by atoms with E-state index in [1.165, 1.54) is 6.92 Å². The van der Waals surface area contributed by atoms with Crippen molar-refractivity contribution >= 4 is 22.8 Å². The first-order chi connectivity index (χ1) is 9.87. The van der Waals surface area contributed by atoms with Crippen LogP contribution in [0.15, 0.2) is 36.5 Å². The number of aliphatic hydroxyl groups is 1. The number of carboxylic acid groups (broad SMARTS) is 1. The molecule has 0 bridgehead atoms. The highest BCUT2D eigenvalue weighted by Gasteiger charge is 2.25. The number of carbonyl (C=O) groups excluding carboxylic acids is 1. The summed E-state index contributed by atoms with van der Waals surface area (Å²) in [5.74, 6) is -1.49. The van der Waals surface area contributed by atoms with Crippen LogP contribution in [0.1, 0.15) is 23.7 Å². The van der Waals surface area contributed by atoms with Crippen LogP contribution in [0, 0.1) is 0 Å². The molecule has 0 aliphatic rings. The molecular formula is C15H16N2O4. The number of nitrogens with one attached hydrogen (secondary N) is 1. The molecule has 0 spiro atoms. The Balaban J connectivity index is 2.07. The summed E-state index contributed by atoms with van der Waals surface area (Å²) in [5, 5.41) is 21.9. The predicted octanol–water partition coefficient (Wildman–Crippen LogP) is 1.19. The molecule has 2 aromatic rings. The number of hydrogen-bond acceptors (Lipinski definition) is 4. The van der Waals surface area contributed by atoms with E-state index in [0.29, 0.717) is 5.56 Å². The molecule has 1 aromatic heterocycles. The van der Waals surface area contributed by atoms with E-state index in [2.05, 4.69) is 10.3 Å². The maximum atomic E-state index is 12.0. The Bertz CT molecular complexity index is 682. The van der Waals surface area contributed by atoms with Crippen LogP contribution in [0.4, 0.5) is 0 Å². The summed E-state index contributed by atoms with van der Waals surface area (Å²) in [4.78, 5) is 26.8. The minimum absolute atomic E-state index is 0.136. The number of aliphatic carboxylic acids is 1. The fraction of sp³-hybridized carbons (Fsp3) is 0.267. The molecule has 2 rings (SSSR count). The molecule has 1 heterocycles. The molecule has 0 fully saturated rings. The van der Waals surface area contributed by atoms with Gasteiger partial charge in [0.15, 0.2) is 0 Å². The predicted molar refractivity (Wildman–Crippen MR) is 77.0 cm³/mol. The van der Waals surface area contributed by atoms with E-state index in [1.54, 1.807) is 30.5 Å². The zero-order valence-electron chi connectivity index (χ0n) is 11.5. The van der Waals surface area contributed by atoms with Gasteiger partial charge in [-0.1, -0.05) is 6.07 Å². The molecule has 0 saturated carbocycles. The molecule has 0 saturated heterocycles. The van der Waals surface area contributed by atoms with Crippen LogP contribution in [0.2, 0.25) is 0 Å². The smallest absolute Gasteiger partial charge is 0.306 e. The van der Waals surface area contributed by atoms with Crippen molar-refractivity contribution in [2.45, 2.75) is 18.9 Å². The Kier molecular flexibility index (Phi) is 4.18. The van der Waals surface area contributed by atoms with Gasteiger partial charge in [-0.3, -0.25) is 14.6 Å². The SMILES string of the molecule is CC(O)(CNC(=O)c1ccc2ncccc2c1)CC(=O)O. The van der Waals surface area contributed by atoms with Gasteiger partial charge in [0.25, 0.3) is 5.91 Å². The number of pyridine rings is 1. The first-order valence-corrected chi connectivity index (χ1v) is 6.44. The third-order valence-electron chi connectivity index (χ3n) is 3.03. The number of aromatic nitrogens is 1. The number of nitrogens with zero attached hydrogens (tertiary/aromatic N) is 1. The fourth-order valence-electron chi connectivity index (χ4n) is 1.98. The van der Waals surface area contributed by atoms with Gasteiger partial charge < -0.3 is 15.5 Å². The van der Waals surface area contributed by atoms with Crippen molar-refractivity contribution in [3.63, 3.8) is 0 Å². The van der Waals surface area contributed by atoms with Gasteiger partial charge in [-0.15, -0.1) is 0 Å². The van der Waals surface area contributed by atoms with Crippen LogP contribution >= 0.6 is 0 Å². The molecule has 0 radical (unpaired) electrons. The number of carbonyl (C=O) groups is 2. The highest BCUT2D eigenvalue weighted by atomic mass is 16.4. The fourth-order valence-corrected chi connectivity index (χ4v) is 1.98. The lowest BCUT2D eigenvalue weighted by molar-refractivity contribution is -0.141. The number of amides is 1. The van der Waals surface area contributed by atoms with E-state index in [0.717, 1.165) is 10.9 Å². The highest BCUT2D eigenvalue weighted by Crippen LogP contribution is 2.14. The van der Waals surface area contributed by atoms with Crippen molar-refractivity contribution < 1.29 is 19.8 Å². The molecular weight excluding hydrogens is 272 g/mol. The quantitative estimate of drug-likeness (QED) is 0.767. The second-order valence-electron chi connectivity index (χ2n) is 5.16. The topological polar surface area (TPSA) is 99.5 Å². The molecule has 1 aromatic carbocycles. The summed E-state index contributed by atoms with van der Waals surface area (Å²) in [7, 11) is 0. The zero-order chi connectivity index (χ0) is 15.5. The summed E-state index contributed by atoms with van der Waals surface area (Å²) in [6, 6.07) is 8.70. The minimum atomic E-state index is -1.49. The third kappa shape index (κ3) is 4.00. The van der Waals surface area contributed by atoms with Gasteiger partial charge in [0, 0.05) is 23.7 Å². The molecule has 0 aliphatic carbocycles. The lowest BCUT2D eigenvalue weighted by Crippen LogP contribution is -2.42. The maximum absolute atomic E-state index is 12.0. The molecule has 1 amide bonds. The Morgan fingerprint density at radius 2 is 2.10 bits per heavy atom. The molecule has 0 aliphatic heterocycles. The Hall–Kier alpha value is -2.47. The molecule has 1 unspecified atom stereocenters. The molecule has 110 valence electrons. The van der Waals surface area contributed by atoms with E-state index < -0.39 is 18.0 Å². The normalized spacial score (nSPS) is 13.6. The lowest BCUT2D eigenvalue weighted by atomic mass is 10.0. The average molecular weight is 288 g/mol. The summed E-state index contributed by atoms with van der Waals surface area (Å²) >= 11 is 0. The largest absolute Gasteiger partial charge is 0.481 e. The maximum Gasteiger partial charge on any atom is 0.306 e. The number of fused-ring (bicyclic) bond motifs is 1. The molecule has 21 heavy (non-hydrogen) atoms. The lowest BCUT2D eigenvalue weighted by Gasteiger charge is -2.21. The average Bonchev–Trinajstić information content (AvgIpc) is 2.43. The van der Waals surface area contributed by atoms with Gasteiger partial charge in [0.1, 0.15) is 0 Å². The summed E-state index contributed by atoms with van der Waals surface area (Å²) in [5.41, 5.74) is -0.270. The first-order valence-electron chi connectivity index (χ1n) is 6.44. The van der Waals surface area contributed by atoms with Crippen molar-refractivity contribution in [3.8, 4) is 0 Å². The number of rotatable bonds is 5. The highest BCUT2D eigenvalue weighted by molar-refractivity contribution is 5.97. The third-order valence-corrected chi connectivity index (χ3v) is 3.03. The van der Waals surface area contributed by atoms with Crippen LogP contribution in [-0.4, -0.2) is 39.2 Å². The van der Waals surface area contributed by atoms with Gasteiger partial charge >= 0.3 is 5.97 Å². The zero-order valence-corrected chi connectivity index (χ0v) is 11.5.